The number of ether oxygens (including phenoxy) is 1. The van der Waals surface area contributed by atoms with E-state index in [1.807, 2.05) is 0 Å². The molecule has 0 amide bonds. The molecule has 1 aromatic carbocycles. The van der Waals surface area contributed by atoms with E-state index >= 15 is 0 Å². The minimum atomic E-state index is -4.33. The zero-order valence-electron chi connectivity index (χ0n) is 10.7. The highest BCUT2D eigenvalue weighted by atomic mass is 19.4. The lowest BCUT2D eigenvalue weighted by atomic mass is 10.1. The van der Waals surface area contributed by atoms with Gasteiger partial charge in [0.15, 0.2) is 0 Å². The van der Waals surface area contributed by atoms with Gasteiger partial charge in [-0.3, -0.25) is 0 Å². The summed E-state index contributed by atoms with van der Waals surface area (Å²) in [7, 11) is 1.50. The molecule has 0 radical (unpaired) electrons. The van der Waals surface area contributed by atoms with Crippen LogP contribution in [0.15, 0.2) is 42.5 Å². The van der Waals surface area contributed by atoms with Crippen molar-refractivity contribution >= 4 is 5.82 Å². The Kier molecular flexibility index (Phi) is 4.12. The van der Waals surface area contributed by atoms with Crippen LogP contribution in [0.3, 0.4) is 0 Å². The molecule has 0 bridgehead atoms. The molecule has 0 atom stereocenters. The molecule has 0 unspecified atom stereocenters. The normalized spacial score (nSPS) is 11.2. The van der Waals surface area contributed by atoms with E-state index < -0.39 is 11.7 Å². The monoisotopic (exact) mass is 282 g/mol. The van der Waals surface area contributed by atoms with Crippen LogP contribution in [0.4, 0.5) is 19.0 Å². The van der Waals surface area contributed by atoms with Crippen LogP contribution in [-0.4, -0.2) is 12.1 Å². The van der Waals surface area contributed by atoms with Gasteiger partial charge in [-0.15, -0.1) is 0 Å². The summed E-state index contributed by atoms with van der Waals surface area (Å²) in [5.41, 5.74) is -0.125. The number of alkyl halides is 3. The van der Waals surface area contributed by atoms with E-state index in [4.69, 9.17) is 4.74 Å². The summed E-state index contributed by atoms with van der Waals surface area (Å²) in [6.45, 7) is 0.254. The average molecular weight is 282 g/mol. The third-order valence-corrected chi connectivity index (χ3v) is 2.66. The van der Waals surface area contributed by atoms with E-state index in [9.17, 15) is 13.2 Å². The second-order valence-electron chi connectivity index (χ2n) is 4.12. The first-order chi connectivity index (χ1) is 9.49. The van der Waals surface area contributed by atoms with E-state index in [1.54, 1.807) is 24.3 Å². The summed E-state index contributed by atoms with van der Waals surface area (Å²) in [4.78, 5) is 4.12. The predicted molar refractivity (Wildman–Crippen MR) is 69.6 cm³/mol. The Bertz CT molecular complexity index is 585. The summed E-state index contributed by atoms with van der Waals surface area (Å²) in [5.74, 6) is 0.987. The van der Waals surface area contributed by atoms with Crippen molar-refractivity contribution in [3.63, 3.8) is 0 Å². The van der Waals surface area contributed by atoms with Gasteiger partial charge in [-0.2, -0.15) is 18.2 Å². The first-order valence-electron chi connectivity index (χ1n) is 5.90. The van der Waals surface area contributed by atoms with Crippen molar-refractivity contribution < 1.29 is 17.9 Å². The van der Waals surface area contributed by atoms with Crippen molar-refractivity contribution in [1.29, 1.82) is 0 Å². The molecule has 2 rings (SSSR count). The molecule has 3 nitrogen and oxygen atoms in total. The van der Waals surface area contributed by atoms with E-state index in [0.29, 0.717) is 17.3 Å². The SMILES string of the molecule is COc1cccc(NCc2cccc(C(F)(F)F)c2)n1. The van der Waals surface area contributed by atoms with Gasteiger partial charge in [0.2, 0.25) is 5.88 Å². The minimum absolute atomic E-state index is 0.254. The van der Waals surface area contributed by atoms with Crippen molar-refractivity contribution in [1.82, 2.24) is 4.98 Å². The summed E-state index contributed by atoms with van der Waals surface area (Å²) >= 11 is 0. The molecule has 0 aliphatic rings. The summed E-state index contributed by atoms with van der Waals surface area (Å²) < 4.78 is 42.7. The summed E-state index contributed by atoms with van der Waals surface area (Å²) in [6, 6.07) is 10.3. The quantitative estimate of drug-likeness (QED) is 0.928. The lowest BCUT2D eigenvalue weighted by Crippen LogP contribution is -2.07. The molecule has 0 spiro atoms. The fourth-order valence-corrected chi connectivity index (χ4v) is 1.68. The standard InChI is InChI=1S/C14H13F3N2O/c1-20-13-7-3-6-12(19-13)18-9-10-4-2-5-11(8-10)14(15,16)17/h2-8H,9H2,1H3,(H,18,19). The van der Waals surface area contributed by atoms with Crippen LogP contribution in [0.5, 0.6) is 5.88 Å². The Morgan fingerprint density at radius 3 is 2.60 bits per heavy atom. The number of pyridine rings is 1. The van der Waals surface area contributed by atoms with Gasteiger partial charge in [-0.25, -0.2) is 0 Å². The highest BCUT2D eigenvalue weighted by molar-refractivity contribution is 5.38. The molecular formula is C14H13F3N2O. The molecule has 106 valence electrons. The molecule has 0 aliphatic carbocycles. The van der Waals surface area contributed by atoms with Crippen molar-refractivity contribution in [2.75, 3.05) is 12.4 Å². The Hall–Kier alpha value is -2.24. The number of hydrogen-bond acceptors (Lipinski definition) is 3. The minimum Gasteiger partial charge on any atom is -0.481 e. The zero-order valence-corrected chi connectivity index (χ0v) is 10.7. The summed E-state index contributed by atoms with van der Waals surface area (Å²) in [6.07, 6.45) is -4.33. The highest BCUT2D eigenvalue weighted by Gasteiger charge is 2.30. The molecule has 0 saturated carbocycles. The van der Waals surface area contributed by atoms with Gasteiger partial charge in [0, 0.05) is 12.6 Å². The van der Waals surface area contributed by atoms with Gasteiger partial charge in [0.25, 0.3) is 0 Å². The molecule has 0 fully saturated rings. The van der Waals surface area contributed by atoms with Crippen LogP contribution < -0.4 is 10.1 Å². The molecular weight excluding hydrogens is 269 g/mol. The molecule has 1 heterocycles. The number of rotatable bonds is 4. The fraction of sp³-hybridized carbons (Fsp3) is 0.214. The molecule has 2 aromatic rings. The maximum atomic E-state index is 12.6. The van der Waals surface area contributed by atoms with Crippen LogP contribution >= 0.6 is 0 Å². The number of nitrogens with zero attached hydrogens (tertiary/aromatic N) is 1. The van der Waals surface area contributed by atoms with E-state index in [1.165, 1.54) is 13.2 Å². The van der Waals surface area contributed by atoms with Gasteiger partial charge in [-0.05, 0) is 23.8 Å². The molecule has 0 saturated heterocycles. The zero-order chi connectivity index (χ0) is 14.6. The number of benzene rings is 1. The van der Waals surface area contributed by atoms with Crippen LogP contribution in [0.25, 0.3) is 0 Å². The van der Waals surface area contributed by atoms with Crippen LogP contribution in [0.2, 0.25) is 0 Å². The number of aromatic nitrogens is 1. The Balaban J connectivity index is 2.07. The first-order valence-corrected chi connectivity index (χ1v) is 5.90. The van der Waals surface area contributed by atoms with Gasteiger partial charge < -0.3 is 10.1 Å². The number of nitrogens with one attached hydrogen (secondary N) is 1. The third kappa shape index (κ3) is 3.63. The van der Waals surface area contributed by atoms with Crippen molar-refractivity contribution in [3.8, 4) is 5.88 Å². The lowest BCUT2D eigenvalue weighted by molar-refractivity contribution is -0.137. The van der Waals surface area contributed by atoms with Crippen molar-refractivity contribution in [3.05, 3.63) is 53.6 Å². The van der Waals surface area contributed by atoms with Crippen LogP contribution in [-0.2, 0) is 12.7 Å². The maximum absolute atomic E-state index is 12.6. The van der Waals surface area contributed by atoms with E-state index in [2.05, 4.69) is 10.3 Å². The molecule has 1 aromatic heterocycles. The van der Waals surface area contributed by atoms with Gasteiger partial charge in [-0.1, -0.05) is 18.2 Å². The highest BCUT2D eigenvalue weighted by Crippen LogP contribution is 2.29. The average Bonchev–Trinajstić information content (AvgIpc) is 2.45. The third-order valence-electron chi connectivity index (χ3n) is 2.66. The number of hydrogen-bond donors (Lipinski definition) is 1. The Morgan fingerprint density at radius 1 is 1.15 bits per heavy atom. The van der Waals surface area contributed by atoms with Gasteiger partial charge >= 0.3 is 6.18 Å². The molecule has 1 N–H and O–H groups in total. The van der Waals surface area contributed by atoms with E-state index in [0.717, 1.165) is 12.1 Å². The largest absolute Gasteiger partial charge is 0.481 e. The molecule has 6 heteroatoms. The van der Waals surface area contributed by atoms with Crippen molar-refractivity contribution in [2.24, 2.45) is 0 Å². The maximum Gasteiger partial charge on any atom is 0.416 e. The second-order valence-corrected chi connectivity index (χ2v) is 4.12. The fourth-order valence-electron chi connectivity index (χ4n) is 1.68. The first kappa shape index (κ1) is 14.2. The van der Waals surface area contributed by atoms with Crippen molar-refractivity contribution in [2.45, 2.75) is 12.7 Å². The van der Waals surface area contributed by atoms with Gasteiger partial charge in [0.05, 0.1) is 12.7 Å². The Morgan fingerprint density at radius 2 is 1.90 bits per heavy atom. The summed E-state index contributed by atoms with van der Waals surface area (Å²) in [5, 5.41) is 2.96. The van der Waals surface area contributed by atoms with E-state index in [-0.39, 0.29) is 6.54 Å². The smallest absolute Gasteiger partial charge is 0.416 e. The predicted octanol–water partition coefficient (Wildman–Crippen LogP) is 3.72. The number of methoxy groups -OCH3 is 1. The number of anilines is 1. The number of halogens is 3. The Labute approximate surface area is 114 Å². The van der Waals surface area contributed by atoms with Crippen LogP contribution in [0.1, 0.15) is 11.1 Å². The lowest BCUT2D eigenvalue weighted by Gasteiger charge is -2.10. The van der Waals surface area contributed by atoms with Gasteiger partial charge in [0.1, 0.15) is 5.82 Å². The second kappa shape index (κ2) is 5.81. The molecule has 0 aliphatic heterocycles. The molecule has 20 heavy (non-hydrogen) atoms. The van der Waals surface area contributed by atoms with Crippen LogP contribution in [0, 0.1) is 0 Å². The topological polar surface area (TPSA) is 34.1 Å².